The van der Waals surface area contributed by atoms with Gasteiger partial charge >= 0.3 is 5.97 Å². The number of rotatable bonds is 1. The van der Waals surface area contributed by atoms with Crippen molar-refractivity contribution in [3.05, 3.63) is 11.6 Å². The highest BCUT2D eigenvalue weighted by molar-refractivity contribution is 5.91. The second-order valence-corrected chi connectivity index (χ2v) is 9.29. The summed E-state index contributed by atoms with van der Waals surface area (Å²) in [5.74, 6) is 0.720. The van der Waals surface area contributed by atoms with Gasteiger partial charge in [-0.05, 0) is 61.9 Å². The lowest BCUT2D eigenvalue weighted by Gasteiger charge is -2.58. The molecule has 0 amide bonds. The Morgan fingerprint density at radius 3 is 2.72 bits per heavy atom. The summed E-state index contributed by atoms with van der Waals surface area (Å²) in [6.45, 7) is 5.78. The van der Waals surface area contributed by atoms with Crippen LogP contribution in [0.1, 0.15) is 65.7 Å². The van der Waals surface area contributed by atoms with E-state index in [2.05, 4.69) is 13.8 Å². The van der Waals surface area contributed by atoms with Crippen molar-refractivity contribution < 1.29 is 18.7 Å². The zero-order chi connectivity index (χ0) is 18.0. The smallest absolute Gasteiger partial charge is 0.302 e. The highest BCUT2D eigenvalue weighted by atomic mass is 19.1. The molecule has 2 unspecified atom stereocenters. The second-order valence-electron chi connectivity index (χ2n) is 9.29. The quantitative estimate of drug-likeness (QED) is 0.660. The van der Waals surface area contributed by atoms with Crippen LogP contribution in [-0.4, -0.2) is 24.0 Å². The van der Waals surface area contributed by atoms with Crippen molar-refractivity contribution >= 4 is 11.8 Å². The third-order valence-electron chi connectivity index (χ3n) is 8.08. The van der Waals surface area contributed by atoms with Gasteiger partial charge in [0, 0.05) is 24.7 Å². The molecule has 0 spiro atoms. The average molecular weight is 348 g/mol. The predicted molar refractivity (Wildman–Crippen MR) is 92.5 cm³/mol. The molecular weight excluding hydrogens is 319 g/mol. The van der Waals surface area contributed by atoms with Crippen molar-refractivity contribution in [3.8, 4) is 0 Å². The summed E-state index contributed by atoms with van der Waals surface area (Å²) < 4.78 is 21.2. The molecule has 0 aromatic carbocycles. The Morgan fingerprint density at radius 2 is 2.00 bits per heavy atom. The van der Waals surface area contributed by atoms with Crippen LogP contribution in [0.25, 0.3) is 0 Å². The van der Waals surface area contributed by atoms with Gasteiger partial charge in [-0.1, -0.05) is 19.4 Å². The van der Waals surface area contributed by atoms with Crippen molar-refractivity contribution in [2.24, 2.45) is 28.6 Å². The standard InChI is InChI=1S/C21H29FO3/c1-12(23)25-18-7-6-16-15-5-4-13-10-14(24)8-9-20(13,2)19(15)17(22)11-21(16,18)3/h10,15-19H,4-9,11H2,1-3H3/t15-,16-,17?,18?,19-,20-,21-/m0/s1. The summed E-state index contributed by atoms with van der Waals surface area (Å²) in [4.78, 5) is 23.4. The van der Waals surface area contributed by atoms with E-state index in [-0.39, 0.29) is 34.6 Å². The van der Waals surface area contributed by atoms with Crippen molar-refractivity contribution in [1.29, 1.82) is 0 Å². The largest absolute Gasteiger partial charge is 0.462 e. The summed E-state index contributed by atoms with van der Waals surface area (Å²) in [5, 5.41) is 0. The Kier molecular flexibility index (Phi) is 3.90. The van der Waals surface area contributed by atoms with E-state index in [1.54, 1.807) is 0 Å². The molecule has 3 nitrogen and oxygen atoms in total. The molecule has 0 heterocycles. The first-order valence-corrected chi connectivity index (χ1v) is 9.81. The summed E-state index contributed by atoms with van der Waals surface area (Å²) in [6.07, 6.45) is 6.36. The zero-order valence-corrected chi connectivity index (χ0v) is 15.5. The third kappa shape index (κ3) is 2.43. The van der Waals surface area contributed by atoms with Gasteiger partial charge in [0.2, 0.25) is 0 Å². The summed E-state index contributed by atoms with van der Waals surface area (Å²) in [5.41, 5.74) is 0.775. The lowest BCUT2D eigenvalue weighted by atomic mass is 9.47. The first-order chi connectivity index (χ1) is 11.8. The Bertz CT molecular complexity index is 641. The van der Waals surface area contributed by atoms with E-state index in [0.717, 1.165) is 32.1 Å². The molecular formula is C21H29FO3. The number of halogens is 1. The van der Waals surface area contributed by atoms with Crippen LogP contribution in [-0.2, 0) is 14.3 Å². The first-order valence-electron chi connectivity index (χ1n) is 9.81. The maximum Gasteiger partial charge on any atom is 0.302 e. The Labute approximate surface area is 149 Å². The van der Waals surface area contributed by atoms with Gasteiger partial charge in [-0.2, -0.15) is 0 Å². The molecule has 0 N–H and O–H groups in total. The minimum absolute atomic E-state index is 0.00903. The number of alkyl halides is 1. The summed E-state index contributed by atoms with van der Waals surface area (Å²) in [7, 11) is 0. The molecule has 4 aliphatic carbocycles. The van der Waals surface area contributed by atoms with Gasteiger partial charge < -0.3 is 4.74 Å². The van der Waals surface area contributed by atoms with E-state index in [9.17, 15) is 9.59 Å². The van der Waals surface area contributed by atoms with Crippen LogP contribution in [0.3, 0.4) is 0 Å². The maximum atomic E-state index is 15.6. The predicted octanol–water partition coefficient (Wildman–Crippen LogP) is 4.40. The molecule has 4 rings (SSSR count). The Morgan fingerprint density at radius 1 is 1.24 bits per heavy atom. The fraction of sp³-hybridized carbons (Fsp3) is 0.810. The average Bonchev–Trinajstić information content (AvgIpc) is 2.83. The van der Waals surface area contributed by atoms with Crippen LogP contribution in [0.5, 0.6) is 0 Å². The van der Waals surface area contributed by atoms with Crippen LogP contribution < -0.4 is 0 Å². The van der Waals surface area contributed by atoms with E-state index < -0.39 is 6.17 Å². The lowest BCUT2D eigenvalue weighted by molar-refractivity contribution is -0.162. The van der Waals surface area contributed by atoms with Crippen LogP contribution in [0.2, 0.25) is 0 Å². The monoisotopic (exact) mass is 348 g/mol. The molecule has 7 atom stereocenters. The Balaban J connectivity index is 1.68. The molecule has 25 heavy (non-hydrogen) atoms. The topological polar surface area (TPSA) is 43.4 Å². The van der Waals surface area contributed by atoms with Crippen molar-refractivity contribution in [1.82, 2.24) is 0 Å². The van der Waals surface area contributed by atoms with Crippen LogP contribution in [0, 0.1) is 28.6 Å². The van der Waals surface area contributed by atoms with E-state index in [1.807, 2.05) is 6.08 Å². The fourth-order valence-corrected chi connectivity index (χ4v) is 6.96. The molecule has 4 aliphatic rings. The van der Waals surface area contributed by atoms with Gasteiger partial charge in [0.05, 0.1) is 0 Å². The molecule has 3 saturated carbocycles. The molecule has 4 heteroatoms. The number of fused-ring (bicyclic) bond motifs is 5. The van der Waals surface area contributed by atoms with E-state index in [4.69, 9.17) is 4.74 Å². The molecule has 0 saturated heterocycles. The zero-order valence-electron chi connectivity index (χ0n) is 15.5. The van der Waals surface area contributed by atoms with Crippen molar-refractivity contribution in [2.45, 2.75) is 78.0 Å². The third-order valence-corrected chi connectivity index (χ3v) is 8.08. The van der Waals surface area contributed by atoms with Gasteiger partial charge in [0.1, 0.15) is 12.3 Å². The van der Waals surface area contributed by atoms with E-state index >= 15 is 4.39 Å². The normalized spacial score (nSPS) is 48.9. The maximum absolute atomic E-state index is 15.6. The number of allylic oxidation sites excluding steroid dienone is 1. The molecule has 0 radical (unpaired) electrons. The van der Waals surface area contributed by atoms with Gasteiger partial charge in [-0.15, -0.1) is 0 Å². The van der Waals surface area contributed by atoms with Gasteiger partial charge in [0.15, 0.2) is 5.78 Å². The molecule has 3 fully saturated rings. The van der Waals surface area contributed by atoms with Gasteiger partial charge in [0.25, 0.3) is 0 Å². The lowest BCUT2D eigenvalue weighted by Crippen LogP contribution is -2.56. The van der Waals surface area contributed by atoms with Gasteiger partial charge in [-0.3, -0.25) is 9.59 Å². The van der Waals surface area contributed by atoms with Crippen LogP contribution in [0.15, 0.2) is 11.6 Å². The minimum atomic E-state index is -0.885. The second kappa shape index (κ2) is 5.65. The van der Waals surface area contributed by atoms with E-state index in [0.29, 0.717) is 24.7 Å². The SMILES string of the molecule is CC(=O)OC1CC[C@H]2[C@@H]3CCC4=CC(=O)CC[C@]4(C)[C@@H]3C(F)C[C@]12C. The van der Waals surface area contributed by atoms with Crippen molar-refractivity contribution in [3.63, 3.8) is 0 Å². The molecule has 0 bridgehead atoms. The van der Waals surface area contributed by atoms with E-state index in [1.165, 1.54) is 12.5 Å². The van der Waals surface area contributed by atoms with Crippen LogP contribution in [0.4, 0.5) is 4.39 Å². The molecule has 0 aromatic heterocycles. The molecule has 0 aromatic rings. The fourth-order valence-electron chi connectivity index (χ4n) is 6.96. The van der Waals surface area contributed by atoms with Gasteiger partial charge in [-0.25, -0.2) is 4.39 Å². The van der Waals surface area contributed by atoms with Crippen LogP contribution >= 0.6 is 0 Å². The number of esters is 1. The highest BCUT2D eigenvalue weighted by Gasteiger charge is 2.63. The number of carbonyl (C=O) groups excluding carboxylic acids is 2. The summed E-state index contributed by atoms with van der Waals surface area (Å²) in [6, 6.07) is 0. The minimum Gasteiger partial charge on any atom is -0.462 e. The summed E-state index contributed by atoms with van der Waals surface area (Å²) >= 11 is 0. The highest BCUT2D eigenvalue weighted by Crippen LogP contribution is 2.66. The number of ether oxygens (including phenoxy) is 1. The Hall–Kier alpha value is -1.19. The van der Waals surface area contributed by atoms with Crippen molar-refractivity contribution in [2.75, 3.05) is 0 Å². The number of ketones is 1. The number of hydrogen-bond acceptors (Lipinski definition) is 3. The number of carbonyl (C=O) groups is 2. The molecule has 138 valence electrons. The number of hydrogen-bond donors (Lipinski definition) is 0. The first kappa shape index (κ1) is 17.2. The molecule has 0 aliphatic heterocycles.